The second kappa shape index (κ2) is 7.38. The van der Waals surface area contributed by atoms with Crippen LogP contribution in [0.5, 0.6) is 0 Å². The van der Waals surface area contributed by atoms with Crippen LogP contribution in [-0.2, 0) is 11.2 Å². The Morgan fingerprint density at radius 1 is 1.26 bits per heavy atom. The molecule has 5 heterocycles. The molecule has 5 rings (SSSR count). The molecule has 0 spiro atoms. The number of aromatic nitrogens is 6. The van der Waals surface area contributed by atoms with Crippen molar-refractivity contribution in [2.75, 3.05) is 10.6 Å². The molecule has 0 aromatic carbocycles. The summed E-state index contributed by atoms with van der Waals surface area (Å²) in [5.74, 6) is 0.652. The molecule has 0 bridgehead atoms. The van der Waals surface area contributed by atoms with Crippen molar-refractivity contribution < 1.29 is 9.18 Å². The van der Waals surface area contributed by atoms with Crippen molar-refractivity contribution in [1.29, 1.82) is 0 Å². The minimum atomic E-state index is -0.583. The van der Waals surface area contributed by atoms with Gasteiger partial charge in [0.25, 0.3) is 0 Å². The van der Waals surface area contributed by atoms with Crippen LogP contribution in [0, 0.1) is 5.82 Å². The van der Waals surface area contributed by atoms with Gasteiger partial charge in [-0.25, -0.2) is 14.4 Å². The molecule has 0 radical (unpaired) electrons. The normalized spacial score (nSPS) is 15.7. The standard InChI is InChI=1S/C21H19FN8O/c1-11(2)15-10-25-30-19(15)27-18(13-6-14(22)9-23-8-13)29-21(30)26-16-7-12-4-3-5-24-17(12)28-20(16)31/h3-6,8-11,16H,7H2,1-2H3,(H,24,28,31)(H,26,27,29). The lowest BCUT2D eigenvalue weighted by Gasteiger charge is -2.25. The van der Waals surface area contributed by atoms with Crippen LogP contribution in [0.3, 0.4) is 0 Å². The van der Waals surface area contributed by atoms with E-state index in [1.54, 1.807) is 16.9 Å². The molecular weight excluding hydrogens is 399 g/mol. The number of hydrogen-bond donors (Lipinski definition) is 2. The Balaban J connectivity index is 1.60. The quantitative estimate of drug-likeness (QED) is 0.524. The summed E-state index contributed by atoms with van der Waals surface area (Å²) in [7, 11) is 0. The minimum absolute atomic E-state index is 0.162. The molecule has 0 fully saturated rings. The fourth-order valence-electron chi connectivity index (χ4n) is 3.56. The van der Waals surface area contributed by atoms with E-state index in [4.69, 9.17) is 0 Å². The molecule has 9 nitrogen and oxygen atoms in total. The lowest BCUT2D eigenvalue weighted by atomic mass is 10.0. The van der Waals surface area contributed by atoms with E-state index in [1.807, 2.05) is 26.0 Å². The van der Waals surface area contributed by atoms with E-state index in [1.165, 1.54) is 12.3 Å². The molecule has 0 aliphatic carbocycles. The van der Waals surface area contributed by atoms with Gasteiger partial charge in [0.2, 0.25) is 11.9 Å². The monoisotopic (exact) mass is 418 g/mol. The second-order valence-corrected chi connectivity index (χ2v) is 7.65. The van der Waals surface area contributed by atoms with Crippen molar-refractivity contribution in [2.24, 2.45) is 0 Å². The van der Waals surface area contributed by atoms with Gasteiger partial charge < -0.3 is 10.6 Å². The van der Waals surface area contributed by atoms with Gasteiger partial charge >= 0.3 is 0 Å². The molecule has 1 aliphatic rings. The lowest BCUT2D eigenvalue weighted by Crippen LogP contribution is -2.41. The largest absolute Gasteiger partial charge is 0.342 e. The maximum Gasteiger partial charge on any atom is 0.248 e. The molecule has 1 aliphatic heterocycles. The fourth-order valence-corrected chi connectivity index (χ4v) is 3.56. The number of halogens is 1. The highest BCUT2D eigenvalue weighted by Gasteiger charge is 2.28. The van der Waals surface area contributed by atoms with E-state index in [0.717, 1.165) is 17.3 Å². The average Bonchev–Trinajstić information content (AvgIpc) is 3.19. The number of hydrogen-bond acceptors (Lipinski definition) is 7. The third kappa shape index (κ3) is 3.45. The molecule has 31 heavy (non-hydrogen) atoms. The van der Waals surface area contributed by atoms with Crippen LogP contribution in [0.15, 0.2) is 43.0 Å². The SMILES string of the molecule is CC(C)c1cnn2c(NC3Cc4cccnc4NC3=O)nc(-c3cncc(F)c3)nc12. The summed E-state index contributed by atoms with van der Waals surface area (Å²) in [5, 5.41) is 10.4. The van der Waals surface area contributed by atoms with Crippen LogP contribution in [-0.4, -0.2) is 41.5 Å². The van der Waals surface area contributed by atoms with E-state index >= 15 is 0 Å². The van der Waals surface area contributed by atoms with Gasteiger partial charge in [-0.15, -0.1) is 0 Å². The van der Waals surface area contributed by atoms with Gasteiger partial charge in [-0.3, -0.25) is 9.78 Å². The van der Waals surface area contributed by atoms with Gasteiger partial charge in [0, 0.05) is 29.9 Å². The molecule has 1 unspecified atom stereocenters. The molecule has 2 N–H and O–H groups in total. The van der Waals surface area contributed by atoms with Crippen molar-refractivity contribution in [3.8, 4) is 11.4 Å². The van der Waals surface area contributed by atoms with E-state index in [2.05, 4.69) is 35.7 Å². The number of carbonyl (C=O) groups is 1. The number of carbonyl (C=O) groups excluding carboxylic acids is 1. The summed E-state index contributed by atoms with van der Waals surface area (Å²) in [6.07, 6.45) is 6.43. The predicted molar refractivity (Wildman–Crippen MR) is 112 cm³/mol. The smallest absolute Gasteiger partial charge is 0.248 e. The van der Waals surface area contributed by atoms with Crippen molar-refractivity contribution in [1.82, 2.24) is 29.5 Å². The van der Waals surface area contributed by atoms with Crippen LogP contribution < -0.4 is 10.6 Å². The van der Waals surface area contributed by atoms with E-state index in [9.17, 15) is 9.18 Å². The van der Waals surface area contributed by atoms with Crippen molar-refractivity contribution >= 4 is 23.3 Å². The topological polar surface area (TPSA) is 110 Å². The first-order valence-electron chi connectivity index (χ1n) is 9.87. The van der Waals surface area contributed by atoms with Crippen molar-refractivity contribution in [3.05, 3.63) is 59.9 Å². The van der Waals surface area contributed by atoms with Crippen LogP contribution in [0.25, 0.3) is 17.0 Å². The molecule has 4 aromatic heterocycles. The van der Waals surface area contributed by atoms with Crippen molar-refractivity contribution in [3.63, 3.8) is 0 Å². The summed E-state index contributed by atoms with van der Waals surface area (Å²) in [6, 6.07) is 4.48. The van der Waals surface area contributed by atoms with E-state index < -0.39 is 11.9 Å². The molecule has 0 saturated heterocycles. The third-order valence-electron chi connectivity index (χ3n) is 5.16. The Hall–Kier alpha value is -3.95. The second-order valence-electron chi connectivity index (χ2n) is 7.65. The summed E-state index contributed by atoms with van der Waals surface area (Å²) in [5.41, 5.74) is 2.86. The van der Waals surface area contributed by atoms with Gasteiger partial charge in [0.05, 0.1) is 12.4 Å². The maximum atomic E-state index is 13.8. The van der Waals surface area contributed by atoms with Gasteiger partial charge in [-0.1, -0.05) is 19.9 Å². The molecule has 156 valence electrons. The number of nitrogens with one attached hydrogen (secondary N) is 2. The van der Waals surface area contributed by atoms with Crippen LogP contribution in [0.1, 0.15) is 30.9 Å². The maximum absolute atomic E-state index is 13.8. The third-order valence-corrected chi connectivity index (χ3v) is 5.16. The van der Waals surface area contributed by atoms with Crippen LogP contribution >= 0.6 is 0 Å². The van der Waals surface area contributed by atoms with Crippen LogP contribution in [0.4, 0.5) is 16.2 Å². The lowest BCUT2D eigenvalue weighted by molar-refractivity contribution is -0.117. The van der Waals surface area contributed by atoms with Gasteiger partial charge in [-0.05, 0) is 23.6 Å². The minimum Gasteiger partial charge on any atom is -0.342 e. The Morgan fingerprint density at radius 2 is 2.13 bits per heavy atom. The number of amides is 1. The van der Waals surface area contributed by atoms with Gasteiger partial charge in [0.15, 0.2) is 11.5 Å². The fraction of sp³-hybridized carbons (Fsp3) is 0.238. The zero-order valence-corrected chi connectivity index (χ0v) is 16.9. The highest BCUT2D eigenvalue weighted by molar-refractivity contribution is 5.98. The predicted octanol–water partition coefficient (Wildman–Crippen LogP) is 2.82. The summed E-state index contributed by atoms with van der Waals surface area (Å²) < 4.78 is 15.3. The first kappa shape index (κ1) is 19.0. The number of anilines is 2. The van der Waals surface area contributed by atoms with Gasteiger partial charge in [0.1, 0.15) is 17.7 Å². The zero-order chi connectivity index (χ0) is 21.5. The van der Waals surface area contributed by atoms with E-state index in [-0.39, 0.29) is 11.8 Å². The molecule has 10 heteroatoms. The number of nitrogens with zero attached hydrogens (tertiary/aromatic N) is 6. The summed E-state index contributed by atoms with van der Waals surface area (Å²) in [6.45, 7) is 4.07. The molecule has 4 aromatic rings. The highest BCUT2D eigenvalue weighted by atomic mass is 19.1. The highest BCUT2D eigenvalue weighted by Crippen LogP contribution is 2.26. The van der Waals surface area contributed by atoms with Crippen molar-refractivity contribution in [2.45, 2.75) is 32.2 Å². The van der Waals surface area contributed by atoms with Gasteiger partial charge in [-0.2, -0.15) is 14.6 Å². The average molecular weight is 418 g/mol. The number of pyridine rings is 2. The first-order valence-corrected chi connectivity index (χ1v) is 9.87. The molecular formula is C21H19FN8O. The Labute approximate surface area is 176 Å². The Bertz CT molecular complexity index is 1300. The van der Waals surface area contributed by atoms with E-state index in [0.29, 0.717) is 35.2 Å². The van der Waals surface area contributed by atoms with Crippen LogP contribution in [0.2, 0.25) is 0 Å². The number of fused-ring (bicyclic) bond motifs is 2. The molecule has 1 atom stereocenters. The first-order chi connectivity index (χ1) is 15.0. The summed E-state index contributed by atoms with van der Waals surface area (Å²) >= 11 is 0. The molecule has 0 saturated carbocycles. The Kier molecular flexibility index (Phi) is 4.54. The number of rotatable bonds is 4. The zero-order valence-electron chi connectivity index (χ0n) is 16.9. The summed E-state index contributed by atoms with van der Waals surface area (Å²) in [4.78, 5) is 29.9. The Morgan fingerprint density at radius 3 is 2.94 bits per heavy atom. The molecule has 1 amide bonds.